The van der Waals surface area contributed by atoms with E-state index in [-0.39, 0.29) is 0 Å². The fraction of sp³-hybridized carbons (Fsp3) is 1.00. The Balaban J connectivity index is 1.55. The predicted octanol–water partition coefficient (Wildman–Crippen LogP) is 4.37. The molecule has 1 N–H and O–H groups in total. The largest absolute Gasteiger partial charge is 0.314 e. The van der Waals surface area contributed by atoms with Crippen molar-refractivity contribution in [3.63, 3.8) is 0 Å². The average Bonchev–Trinajstić information content (AvgIpc) is 3.08. The minimum atomic E-state index is 0.525. The molecule has 0 unspecified atom stereocenters. The van der Waals surface area contributed by atoms with Gasteiger partial charge in [0.25, 0.3) is 0 Å². The summed E-state index contributed by atoms with van der Waals surface area (Å²) in [6.45, 7) is 8.48. The van der Waals surface area contributed by atoms with Crippen LogP contribution in [0.15, 0.2) is 0 Å². The molecule has 0 aromatic rings. The fourth-order valence-electron chi connectivity index (χ4n) is 3.27. The first kappa shape index (κ1) is 13.4. The normalized spacial score (nSPS) is 30.5. The van der Waals surface area contributed by atoms with E-state index in [9.17, 15) is 0 Å². The van der Waals surface area contributed by atoms with Gasteiger partial charge in [-0.25, -0.2) is 0 Å². The maximum atomic E-state index is 3.78. The van der Waals surface area contributed by atoms with Crippen molar-refractivity contribution < 1.29 is 0 Å². The molecule has 0 bridgehead atoms. The molecule has 0 aromatic heterocycles. The Labute approximate surface area is 108 Å². The molecule has 0 radical (unpaired) electrons. The molecule has 2 saturated carbocycles. The van der Waals surface area contributed by atoms with Crippen LogP contribution in [0.25, 0.3) is 0 Å². The van der Waals surface area contributed by atoms with Crippen LogP contribution in [-0.2, 0) is 0 Å². The fourth-order valence-corrected chi connectivity index (χ4v) is 3.27. The van der Waals surface area contributed by atoms with E-state index in [4.69, 9.17) is 0 Å². The molecule has 1 nitrogen and oxygen atoms in total. The summed E-state index contributed by atoms with van der Waals surface area (Å²) in [5.41, 5.74) is 0.525. The highest BCUT2D eigenvalue weighted by atomic mass is 14.9. The highest BCUT2D eigenvalue weighted by molar-refractivity contribution is 4.83. The summed E-state index contributed by atoms with van der Waals surface area (Å²) in [5, 5.41) is 3.78. The van der Waals surface area contributed by atoms with Crippen LogP contribution in [0, 0.1) is 17.3 Å². The highest BCUT2D eigenvalue weighted by Crippen LogP contribution is 2.37. The lowest BCUT2D eigenvalue weighted by molar-refractivity contribution is 0.160. The smallest absolute Gasteiger partial charge is 0.00672 e. The zero-order valence-electron chi connectivity index (χ0n) is 12.1. The van der Waals surface area contributed by atoms with E-state index in [0.29, 0.717) is 5.41 Å². The zero-order valence-corrected chi connectivity index (χ0v) is 12.1. The van der Waals surface area contributed by atoms with Crippen LogP contribution in [0.2, 0.25) is 0 Å². The Bertz CT molecular complexity index is 216. The molecular formula is C16H31N. The molecule has 0 saturated heterocycles. The molecule has 2 aliphatic rings. The van der Waals surface area contributed by atoms with E-state index in [1.165, 1.54) is 57.9 Å². The minimum absolute atomic E-state index is 0.525. The summed E-state index contributed by atoms with van der Waals surface area (Å²) < 4.78 is 0. The van der Waals surface area contributed by atoms with Crippen molar-refractivity contribution in [1.29, 1.82) is 0 Å². The van der Waals surface area contributed by atoms with Gasteiger partial charge in [0.05, 0.1) is 0 Å². The molecule has 0 spiro atoms. The van der Waals surface area contributed by atoms with E-state index in [2.05, 4.69) is 26.1 Å². The van der Waals surface area contributed by atoms with Crippen LogP contribution in [0.3, 0.4) is 0 Å². The Morgan fingerprint density at radius 2 is 1.59 bits per heavy atom. The molecule has 0 aliphatic heterocycles. The van der Waals surface area contributed by atoms with E-state index in [0.717, 1.165) is 17.9 Å². The van der Waals surface area contributed by atoms with E-state index < -0.39 is 0 Å². The number of nitrogens with one attached hydrogen (secondary N) is 1. The van der Waals surface area contributed by atoms with Crippen molar-refractivity contribution in [3.8, 4) is 0 Å². The average molecular weight is 237 g/mol. The van der Waals surface area contributed by atoms with E-state index >= 15 is 0 Å². The first-order valence-corrected chi connectivity index (χ1v) is 7.79. The number of hydrogen-bond donors (Lipinski definition) is 1. The molecule has 0 heterocycles. The SMILES string of the molecule is CC(C)(C)C1CCC(NCCCC2CC2)CC1. The van der Waals surface area contributed by atoms with E-state index in [1.807, 2.05) is 0 Å². The Morgan fingerprint density at radius 1 is 0.941 bits per heavy atom. The third-order valence-electron chi connectivity index (χ3n) is 4.87. The number of rotatable bonds is 5. The summed E-state index contributed by atoms with van der Waals surface area (Å²) in [4.78, 5) is 0. The van der Waals surface area contributed by atoms with Gasteiger partial charge in [0, 0.05) is 6.04 Å². The van der Waals surface area contributed by atoms with Crippen LogP contribution in [-0.4, -0.2) is 12.6 Å². The van der Waals surface area contributed by atoms with Crippen LogP contribution >= 0.6 is 0 Å². The molecule has 17 heavy (non-hydrogen) atoms. The van der Waals surface area contributed by atoms with Crippen molar-refractivity contribution in [2.45, 2.75) is 78.2 Å². The Morgan fingerprint density at radius 3 is 2.12 bits per heavy atom. The molecule has 0 aromatic carbocycles. The van der Waals surface area contributed by atoms with Gasteiger partial charge in [0.15, 0.2) is 0 Å². The molecule has 0 atom stereocenters. The highest BCUT2D eigenvalue weighted by Gasteiger charge is 2.29. The summed E-state index contributed by atoms with van der Waals surface area (Å²) in [6.07, 6.45) is 11.6. The lowest BCUT2D eigenvalue weighted by Crippen LogP contribution is -2.36. The van der Waals surface area contributed by atoms with Crippen LogP contribution < -0.4 is 5.32 Å². The van der Waals surface area contributed by atoms with Gasteiger partial charge in [-0.1, -0.05) is 33.6 Å². The van der Waals surface area contributed by atoms with Crippen molar-refractivity contribution in [1.82, 2.24) is 5.32 Å². The lowest BCUT2D eigenvalue weighted by Gasteiger charge is -2.37. The van der Waals surface area contributed by atoms with Crippen molar-refractivity contribution in [3.05, 3.63) is 0 Å². The molecule has 2 aliphatic carbocycles. The van der Waals surface area contributed by atoms with Crippen molar-refractivity contribution in [2.75, 3.05) is 6.54 Å². The third-order valence-corrected chi connectivity index (χ3v) is 4.87. The van der Waals surface area contributed by atoms with Gasteiger partial charge in [-0.2, -0.15) is 0 Å². The lowest BCUT2D eigenvalue weighted by atomic mass is 9.71. The van der Waals surface area contributed by atoms with Crippen molar-refractivity contribution in [2.24, 2.45) is 17.3 Å². The van der Waals surface area contributed by atoms with Gasteiger partial charge in [0.1, 0.15) is 0 Å². The Kier molecular flexibility index (Phi) is 4.52. The van der Waals surface area contributed by atoms with Gasteiger partial charge in [-0.05, 0) is 62.3 Å². The second-order valence-corrected chi connectivity index (χ2v) is 7.45. The van der Waals surface area contributed by atoms with Crippen LogP contribution in [0.5, 0.6) is 0 Å². The van der Waals surface area contributed by atoms with Gasteiger partial charge >= 0.3 is 0 Å². The molecule has 0 amide bonds. The monoisotopic (exact) mass is 237 g/mol. The zero-order chi connectivity index (χ0) is 12.3. The topological polar surface area (TPSA) is 12.0 Å². The summed E-state index contributed by atoms with van der Waals surface area (Å²) in [6, 6.07) is 0.827. The minimum Gasteiger partial charge on any atom is -0.314 e. The summed E-state index contributed by atoms with van der Waals surface area (Å²) >= 11 is 0. The van der Waals surface area contributed by atoms with Crippen LogP contribution in [0.1, 0.15) is 72.1 Å². The molecule has 100 valence electrons. The summed E-state index contributed by atoms with van der Waals surface area (Å²) in [5.74, 6) is 2.06. The second kappa shape index (κ2) is 5.73. The first-order valence-electron chi connectivity index (χ1n) is 7.79. The quantitative estimate of drug-likeness (QED) is 0.700. The van der Waals surface area contributed by atoms with Gasteiger partial charge < -0.3 is 5.32 Å². The first-order chi connectivity index (χ1) is 8.05. The standard InChI is InChI=1S/C16H31N/c1-16(2,3)14-8-10-15(11-9-14)17-12-4-5-13-6-7-13/h13-15,17H,4-12H2,1-3H3. The molecule has 2 fully saturated rings. The molecule has 2 rings (SSSR count). The van der Waals surface area contributed by atoms with Gasteiger partial charge in [0.2, 0.25) is 0 Å². The van der Waals surface area contributed by atoms with Gasteiger partial charge in [-0.15, -0.1) is 0 Å². The van der Waals surface area contributed by atoms with E-state index in [1.54, 1.807) is 0 Å². The van der Waals surface area contributed by atoms with Gasteiger partial charge in [-0.3, -0.25) is 0 Å². The Hall–Kier alpha value is -0.0400. The second-order valence-electron chi connectivity index (χ2n) is 7.45. The third kappa shape index (κ3) is 4.62. The predicted molar refractivity (Wildman–Crippen MR) is 75.2 cm³/mol. The number of hydrogen-bond acceptors (Lipinski definition) is 1. The van der Waals surface area contributed by atoms with Crippen molar-refractivity contribution >= 4 is 0 Å². The summed E-state index contributed by atoms with van der Waals surface area (Å²) in [7, 11) is 0. The molecule has 1 heteroatoms. The maximum Gasteiger partial charge on any atom is 0.00672 e. The molecular weight excluding hydrogens is 206 g/mol. The van der Waals surface area contributed by atoms with Crippen LogP contribution in [0.4, 0.5) is 0 Å². The maximum absolute atomic E-state index is 3.78.